The van der Waals surface area contributed by atoms with E-state index in [-0.39, 0.29) is 31.8 Å². The Balaban J connectivity index is 1.94. The Morgan fingerprint density at radius 1 is 1.18 bits per heavy atom. The minimum Gasteiger partial charge on any atom is -0.496 e. The summed E-state index contributed by atoms with van der Waals surface area (Å²) in [6, 6.07) is 12.7. The Kier molecular flexibility index (Phi) is 8.59. The summed E-state index contributed by atoms with van der Waals surface area (Å²) in [4.78, 5) is 27.5. The largest absolute Gasteiger partial charge is 0.496 e. The average molecular weight is 471 g/mol. The van der Waals surface area contributed by atoms with Crippen molar-refractivity contribution in [3.05, 3.63) is 65.5 Å². The van der Waals surface area contributed by atoms with Crippen molar-refractivity contribution in [2.24, 2.45) is 5.10 Å². The number of amides is 3. The van der Waals surface area contributed by atoms with Gasteiger partial charge in [-0.05, 0) is 26.0 Å². The van der Waals surface area contributed by atoms with Gasteiger partial charge < -0.3 is 19.7 Å². The minimum atomic E-state index is -0.504. The van der Waals surface area contributed by atoms with Crippen molar-refractivity contribution in [3.63, 3.8) is 0 Å². The van der Waals surface area contributed by atoms with Crippen molar-refractivity contribution in [2.75, 3.05) is 33.9 Å². The van der Waals surface area contributed by atoms with Crippen LogP contribution in [0.3, 0.4) is 0 Å². The molecular formula is C25H31FN4O4. The standard InChI is InChI=1S/C25H31FN4O4/c1-17(2)27-25(32)29(13-14-33-3)16-24(31)30-22(19-10-6-8-12-23(19)34-4)15-21(28-30)18-9-5-7-11-20(18)26/h5-12,17,22H,13-16H2,1-4H3,(H,27,32). The third kappa shape index (κ3) is 5.91. The molecule has 34 heavy (non-hydrogen) atoms. The fraction of sp³-hybridized carbons (Fsp3) is 0.400. The van der Waals surface area contributed by atoms with Crippen LogP contribution in [0.25, 0.3) is 0 Å². The first-order valence-corrected chi connectivity index (χ1v) is 11.2. The lowest BCUT2D eigenvalue weighted by atomic mass is 9.97. The molecule has 9 heteroatoms. The molecule has 2 aromatic carbocycles. The van der Waals surface area contributed by atoms with Crippen molar-refractivity contribution >= 4 is 17.6 Å². The monoisotopic (exact) mass is 470 g/mol. The zero-order valence-electron chi connectivity index (χ0n) is 20.0. The molecule has 0 saturated carbocycles. The lowest BCUT2D eigenvalue weighted by molar-refractivity contribution is -0.133. The van der Waals surface area contributed by atoms with Crippen LogP contribution in [0.5, 0.6) is 5.75 Å². The molecule has 0 saturated heterocycles. The first-order valence-electron chi connectivity index (χ1n) is 11.2. The average Bonchev–Trinajstić information content (AvgIpc) is 3.26. The molecule has 1 unspecified atom stereocenters. The normalized spacial score (nSPS) is 15.3. The maximum atomic E-state index is 14.5. The zero-order valence-corrected chi connectivity index (χ0v) is 20.0. The number of urea groups is 1. The number of halogens is 1. The van der Waals surface area contributed by atoms with E-state index in [1.165, 1.54) is 23.1 Å². The Morgan fingerprint density at radius 2 is 1.88 bits per heavy atom. The van der Waals surface area contributed by atoms with Crippen molar-refractivity contribution in [3.8, 4) is 5.75 Å². The highest BCUT2D eigenvalue weighted by atomic mass is 19.1. The number of hydrogen-bond acceptors (Lipinski definition) is 5. The van der Waals surface area contributed by atoms with Gasteiger partial charge in [0.1, 0.15) is 18.1 Å². The predicted molar refractivity (Wildman–Crippen MR) is 127 cm³/mol. The van der Waals surface area contributed by atoms with Gasteiger partial charge in [-0.25, -0.2) is 14.2 Å². The van der Waals surface area contributed by atoms with Gasteiger partial charge >= 0.3 is 6.03 Å². The van der Waals surface area contributed by atoms with Gasteiger partial charge in [0.25, 0.3) is 5.91 Å². The van der Waals surface area contributed by atoms with Crippen molar-refractivity contribution in [2.45, 2.75) is 32.4 Å². The van der Waals surface area contributed by atoms with Gasteiger partial charge in [-0.15, -0.1) is 0 Å². The summed E-state index contributed by atoms with van der Waals surface area (Å²) < 4.78 is 25.2. The van der Waals surface area contributed by atoms with E-state index in [0.717, 1.165) is 5.56 Å². The van der Waals surface area contributed by atoms with Crippen molar-refractivity contribution in [1.82, 2.24) is 15.2 Å². The van der Waals surface area contributed by atoms with Gasteiger partial charge in [0.2, 0.25) is 0 Å². The van der Waals surface area contributed by atoms with E-state index >= 15 is 0 Å². The summed E-state index contributed by atoms with van der Waals surface area (Å²) in [5.41, 5.74) is 1.55. The number of para-hydroxylation sites is 1. The number of carbonyl (C=O) groups is 2. The second-order valence-corrected chi connectivity index (χ2v) is 8.25. The van der Waals surface area contributed by atoms with Gasteiger partial charge in [-0.2, -0.15) is 5.10 Å². The van der Waals surface area contributed by atoms with Crippen molar-refractivity contribution < 1.29 is 23.5 Å². The zero-order chi connectivity index (χ0) is 24.7. The maximum absolute atomic E-state index is 14.5. The summed E-state index contributed by atoms with van der Waals surface area (Å²) in [5, 5.41) is 8.66. The molecule has 3 rings (SSSR count). The summed E-state index contributed by atoms with van der Waals surface area (Å²) >= 11 is 0. The highest BCUT2D eigenvalue weighted by Crippen LogP contribution is 2.37. The SMILES string of the molecule is COCCN(CC(=O)N1N=C(c2ccccc2F)CC1c1ccccc1OC)C(=O)NC(C)C. The molecule has 1 N–H and O–H groups in total. The first kappa shape index (κ1) is 25.2. The van der Waals surface area contributed by atoms with Crippen LogP contribution in [-0.4, -0.2) is 67.5 Å². The molecule has 0 aliphatic carbocycles. The lowest BCUT2D eigenvalue weighted by Crippen LogP contribution is -2.48. The number of hydrazone groups is 1. The molecular weight excluding hydrogens is 439 g/mol. The summed E-state index contributed by atoms with van der Waals surface area (Å²) in [6.07, 6.45) is 0.309. The molecule has 2 aromatic rings. The summed E-state index contributed by atoms with van der Waals surface area (Å²) in [6.45, 7) is 3.99. The second-order valence-electron chi connectivity index (χ2n) is 8.25. The number of carbonyl (C=O) groups excluding carboxylic acids is 2. The van der Waals surface area contributed by atoms with E-state index < -0.39 is 17.8 Å². The molecule has 1 aliphatic heterocycles. The third-order valence-electron chi connectivity index (χ3n) is 5.44. The van der Waals surface area contributed by atoms with Crippen molar-refractivity contribution in [1.29, 1.82) is 0 Å². The van der Waals surface area contributed by atoms with Crippen LogP contribution < -0.4 is 10.1 Å². The van der Waals surface area contributed by atoms with Gasteiger partial charge in [-0.3, -0.25) is 4.79 Å². The minimum absolute atomic E-state index is 0.0913. The fourth-order valence-corrected chi connectivity index (χ4v) is 3.81. The molecule has 0 aromatic heterocycles. The van der Waals surface area contributed by atoms with E-state index in [1.807, 2.05) is 32.0 Å². The van der Waals surface area contributed by atoms with Gasteiger partial charge in [0.05, 0.1) is 25.5 Å². The van der Waals surface area contributed by atoms with Crippen LogP contribution in [0, 0.1) is 5.82 Å². The van der Waals surface area contributed by atoms with E-state index in [2.05, 4.69) is 10.4 Å². The Morgan fingerprint density at radius 3 is 2.56 bits per heavy atom. The summed E-state index contributed by atoms with van der Waals surface area (Å²) in [5.74, 6) is -0.200. The maximum Gasteiger partial charge on any atom is 0.318 e. The van der Waals surface area contributed by atoms with Crippen LogP contribution in [0.15, 0.2) is 53.6 Å². The third-order valence-corrected chi connectivity index (χ3v) is 5.44. The van der Waals surface area contributed by atoms with E-state index in [0.29, 0.717) is 23.4 Å². The molecule has 0 fully saturated rings. The molecule has 0 bridgehead atoms. The topological polar surface area (TPSA) is 83.5 Å². The molecule has 1 heterocycles. The Labute approximate surface area is 199 Å². The molecule has 0 spiro atoms. The van der Waals surface area contributed by atoms with Crippen LogP contribution >= 0.6 is 0 Å². The van der Waals surface area contributed by atoms with Gasteiger partial charge in [0.15, 0.2) is 0 Å². The first-order chi connectivity index (χ1) is 16.3. The van der Waals surface area contributed by atoms with Crippen LogP contribution in [0.4, 0.5) is 9.18 Å². The van der Waals surface area contributed by atoms with Gasteiger partial charge in [-0.1, -0.05) is 36.4 Å². The molecule has 1 atom stereocenters. The van der Waals surface area contributed by atoms with Crippen LogP contribution in [0.2, 0.25) is 0 Å². The quantitative estimate of drug-likeness (QED) is 0.607. The fourth-order valence-electron chi connectivity index (χ4n) is 3.81. The highest BCUT2D eigenvalue weighted by molar-refractivity contribution is 6.03. The number of nitrogens with zero attached hydrogens (tertiary/aromatic N) is 3. The molecule has 3 amide bonds. The molecule has 8 nitrogen and oxygen atoms in total. The van der Waals surface area contributed by atoms with E-state index in [9.17, 15) is 14.0 Å². The second kappa shape index (κ2) is 11.6. The Bertz CT molecular complexity index is 1040. The van der Waals surface area contributed by atoms with Crippen LogP contribution in [0.1, 0.15) is 37.4 Å². The lowest BCUT2D eigenvalue weighted by Gasteiger charge is -2.28. The Hall–Kier alpha value is -3.46. The molecule has 1 aliphatic rings. The smallest absolute Gasteiger partial charge is 0.318 e. The van der Waals surface area contributed by atoms with Crippen LogP contribution in [-0.2, 0) is 9.53 Å². The van der Waals surface area contributed by atoms with E-state index in [1.54, 1.807) is 31.4 Å². The highest BCUT2D eigenvalue weighted by Gasteiger charge is 2.36. The summed E-state index contributed by atoms with van der Waals surface area (Å²) in [7, 11) is 3.09. The van der Waals surface area contributed by atoms with E-state index in [4.69, 9.17) is 9.47 Å². The number of rotatable bonds is 9. The number of hydrogen-bond donors (Lipinski definition) is 1. The number of methoxy groups -OCH3 is 2. The predicted octanol–water partition coefficient (Wildman–Crippen LogP) is 3.58. The van der Waals surface area contributed by atoms with Gasteiger partial charge in [0, 0.05) is 37.2 Å². The number of ether oxygens (including phenoxy) is 2. The number of nitrogens with one attached hydrogen (secondary N) is 1. The molecule has 0 radical (unpaired) electrons. The number of benzene rings is 2. The molecule has 182 valence electrons.